The standard InChI is InChI=1S/C70H45N/c1-7-22-46(23-8-1)64-54-34-19-20-35-55(54)65(47-24-9-2-10-25-47)61-44-50(38-40-56(61)64)51-39-41-57-62(45-51)67(49-28-13-4-14-29-49)70-60-42-43-63(71(52-30-15-5-16-31-52)53-32-17-6-18-33-53)58-36-21-37-59(68(58)60)69(70)66(57)48-26-11-3-12-27-48/h1-45H. The fourth-order valence-electron chi connectivity index (χ4n) is 11.8. The van der Waals surface area contributed by atoms with Gasteiger partial charge in [-0.15, -0.1) is 0 Å². The zero-order valence-electron chi connectivity index (χ0n) is 38.9. The molecule has 13 aromatic rings. The molecule has 0 amide bonds. The van der Waals surface area contributed by atoms with Gasteiger partial charge in [-0.05, 0) is 158 Å². The van der Waals surface area contributed by atoms with Crippen molar-refractivity contribution in [3.63, 3.8) is 0 Å². The molecular formula is C70H45N. The lowest BCUT2D eigenvalue weighted by Crippen LogP contribution is -2.10. The first-order valence-corrected chi connectivity index (χ1v) is 24.6. The van der Waals surface area contributed by atoms with Crippen molar-refractivity contribution in [1.29, 1.82) is 0 Å². The van der Waals surface area contributed by atoms with Gasteiger partial charge in [-0.3, -0.25) is 0 Å². The summed E-state index contributed by atoms with van der Waals surface area (Å²) >= 11 is 0. The maximum absolute atomic E-state index is 2.48. The number of benzene rings is 13. The lowest BCUT2D eigenvalue weighted by Gasteiger charge is -2.27. The molecule has 0 saturated carbocycles. The molecule has 0 aliphatic heterocycles. The summed E-state index contributed by atoms with van der Waals surface area (Å²) in [5.41, 5.74) is 20.8. The van der Waals surface area contributed by atoms with E-state index in [-0.39, 0.29) is 0 Å². The third-order valence-corrected chi connectivity index (χ3v) is 14.7. The zero-order valence-corrected chi connectivity index (χ0v) is 38.9. The molecule has 0 radical (unpaired) electrons. The summed E-state index contributed by atoms with van der Waals surface area (Å²) < 4.78 is 0. The molecule has 1 nitrogen and oxygen atoms in total. The van der Waals surface area contributed by atoms with Crippen molar-refractivity contribution in [2.24, 2.45) is 0 Å². The number of hydrogen-bond acceptors (Lipinski definition) is 1. The van der Waals surface area contributed by atoms with Crippen LogP contribution in [0.5, 0.6) is 0 Å². The van der Waals surface area contributed by atoms with E-state index in [4.69, 9.17) is 0 Å². The van der Waals surface area contributed by atoms with Gasteiger partial charge in [0.15, 0.2) is 0 Å². The van der Waals surface area contributed by atoms with E-state index < -0.39 is 0 Å². The predicted molar refractivity (Wildman–Crippen MR) is 303 cm³/mol. The topological polar surface area (TPSA) is 3.24 Å². The minimum absolute atomic E-state index is 1.12. The first kappa shape index (κ1) is 40.7. The van der Waals surface area contributed by atoms with Gasteiger partial charge in [0, 0.05) is 16.8 Å². The average molecular weight is 900 g/mol. The van der Waals surface area contributed by atoms with E-state index in [9.17, 15) is 0 Å². The molecule has 0 saturated heterocycles. The van der Waals surface area contributed by atoms with Crippen molar-refractivity contribution >= 4 is 60.2 Å². The van der Waals surface area contributed by atoms with E-state index >= 15 is 0 Å². The van der Waals surface area contributed by atoms with Gasteiger partial charge in [-0.2, -0.15) is 0 Å². The Morgan fingerprint density at radius 1 is 0.197 bits per heavy atom. The van der Waals surface area contributed by atoms with Gasteiger partial charge in [0.05, 0.1) is 5.69 Å². The molecule has 14 rings (SSSR count). The summed E-state index contributed by atoms with van der Waals surface area (Å²) in [4.78, 5) is 2.41. The summed E-state index contributed by atoms with van der Waals surface area (Å²) in [6, 6.07) is 101. The van der Waals surface area contributed by atoms with E-state index in [0.717, 1.165) is 17.1 Å². The summed E-state index contributed by atoms with van der Waals surface area (Å²) in [7, 11) is 0. The van der Waals surface area contributed by atoms with Crippen molar-refractivity contribution in [2.45, 2.75) is 0 Å². The van der Waals surface area contributed by atoms with Crippen molar-refractivity contribution in [1.82, 2.24) is 0 Å². The molecule has 0 bridgehead atoms. The van der Waals surface area contributed by atoms with Crippen molar-refractivity contribution in [3.05, 3.63) is 273 Å². The largest absolute Gasteiger partial charge is 0.310 e. The highest BCUT2D eigenvalue weighted by Crippen LogP contribution is 2.59. The van der Waals surface area contributed by atoms with Crippen LogP contribution in [-0.2, 0) is 0 Å². The van der Waals surface area contributed by atoms with Crippen LogP contribution in [0.25, 0.3) is 121 Å². The summed E-state index contributed by atoms with van der Waals surface area (Å²) in [5, 5.41) is 9.98. The average Bonchev–Trinajstić information content (AvgIpc) is 3.78. The predicted octanol–water partition coefficient (Wildman–Crippen LogP) is 19.8. The molecule has 0 unspecified atom stereocenters. The molecular weight excluding hydrogens is 855 g/mol. The second-order valence-electron chi connectivity index (χ2n) is 18.6. The Balaban J connectivity index is 1.06. The molecule has 0 heterocycles. The van der Waals surface area contributed by atoms with E-state index in [1.807, 2.05) is 0 Å². The van der Waals surface area contributed by atoms with Crippen molar-refractivity contribution < 1.29 is 0 Å². The van der Waals surface area contributed by atoms with E-state index in [1.165, 1.54) is 121 Å². The Kier molecular flexibility index (Phi) is 9.60. The van der Waals surface area contributed by atoms with Gasteiger partial charge in [-0.25, -0.2) is 0 Å². The van der Waals surface area contributed by atoms with Gasteiger partial charge in [0.2, 0.25) is 0 Å². The summed E-state index contributed by atoms with van der Waals surface area (Å²) in [6.07, 6.45) is 0. The number of hydrogen-bond donors (Lipinski definition) is 0. The number of anilines is 3. The van der Waals surface area contributed by atoms with Crippen LogP contribution in [0.1, 0.15) is 0 Å². The van der Waals surface area contributed by atoms with Gasteiger partial charge in [0.25, 0.3) is 0 Å². The summed E-state index contributed by atoms with van der Waals surface area (Å²) in [5.74, 6) is 0. The van der Waals surface area contributed by atoms with E-state index in [1.54, 1.807) is 0 Å². The van der Waals surface area contributed by atoms with Crippen LogP contribution in [0.2, 0.25) is 0 Å². The molecule has 1 heteroatoms. The second kappa shape index (κ2) is 16.7. The van der Waals surface area contributed by atoms with E-state index in [2.05, 4.69) is 278 Å². The number of rotatable bonds is 8. The monoisotopic (exact) mass is 899 g/mol. The van der Waals surface area contributed by atoms with Crippen molar-refractivity contribution in [2.75, 3.05) is 4.90 Å². The Morgan fingerprint density at radius 3 is 1.04 bits per heavy atom. The Bertz CT molecular complexity index is 4130. The number of nitrogens with zero attached hydrogens (tertiary/aromatic N) is 1. The smallest absolute Gasteiger partial charge is 0.0540 e. The molecule has 0 spiro atoms. The highest BCUT2D eigenvalue weighted by Gasteiger charge is 2.32. The highest BCUT2D eigenvalue weighted by molar-refractivity contribution is 6.29. The minimum atomic E-state index is 1.12. The maximum atomic E-state index is 2.48. The molecule has 0 aromatic heterocycles. The maximum Gasteiger partial charge on any atom is 0.0540 e. The lowest BCUT2D eigenvalue weighted by molar-refractivity contribution is 1.30. The molecule has 1 aliphatic carbocycles. The van der Waals surface area contributed by atoms with Crippen LogP contribution in [-0.4, -0.2) is 0 Å². The SMILES string of the molecule is c1ccc(-c2c3c(c(-c4ccccc4)c4cc(-c5ccc6c(-c7ccccc7)c7ccccc7c(-c7ccccc7)c6c5)ccc24)-c2ccc(N(c4ccccc4)c4ccccc4)c4cccc-3c24)cc1. The fraction of sp³-hybridized carbons (Fsp3) is 0. The molecule has 0 atom stereocenters. The second-order valence-corrected chi connectivity index (χ2v) is 18.6. The highest BCUT2D eigenvalue weighted by atomic mass is 15.1. The molecule has 1 aliphatic rings. The van der Waals surface area contributed by atoms with Gasteiger partial charge < -0.3 is 4.90 Å². The third-order valence-electron chi connectivity index (χ3n) is 14.7. The fourth-order valence-corrected chi connectivity index (χ4v) is 11.8. The van der Waals surface area contributed by atoms with E-state index in [0.29, 0.717) is 0 Å². The normalized spacial score (nSPS) is 11.7. The molecule has 0 fully saturated rings. The van der Waals surface area contributed by atoms with Crippen LogP contribution < -0.4 is 4.90 Å². The first-order chi connectivity index (χ1) is 35.3. The molecule has 71 heavy (non-hydrogen) atoms. The minimum Gasteiger partial charge on any atom is -0.310 e. The molecule has 330 valence electrons. The molecule has 13 aromatic carbocycles. The Hall–Kier alpha value is -9.30. The lowest BCUT2D eigenvalue weighted by atomic mass is 9.81. The van der Waals surface area contributed by atoms with Crippen LogP contribution in [0.15, 0.2) is 273 Å². The quantitative estimate of drug-likeness (QED) is 0.137. The van der Waals surface area contributed by atoms with Crippen molar-refractivity contribution in [3.8, 4) is 77.9 Å². The summed E-state index contributed by atoms with van der Waals surface area (Å²) in [6.45, 7) is 0. The van der Waals surface area contributed by atoms with Gasteiger partial charge >= 0.3 is 0 Å². The first-order valence-electron chi connectivity index (χ1n) is 24.6. The Labute approximate surface area is 413 Å². The van der Waals surface area contributed by atoms with Crippen LogP contribution in [0.4, 0.5) is 17.1 Å². The Morgan fingerprint density at radius 2 is 0.549 bits per heavy atom. The number of fused-ring (bicyclic) bond motifs is 6. The van der Waals surface area contributed by atoms with Crippen LogP contribution >= 0.6 is 0 Å². The van der Waals surface area contributed by atoms with Gasteiger partial charge in [0.1, 0.15) is 0 Å². The number of para-hydroxylation sites is 2. The zero-order chi connectivity index (χ0) is 46.8. The van der Waals surface area contributed by atoms with Crippen LogP contribution in [0.3, 0.4) is 0 Å². The molecule has 0 N–H and O–H groups in total. The van der Waals surface area contributed by atoms with Crippen LogP contribution in [0, 0.1) is 0 Å². The van der Waals surface area contributed by atoms with Gasteiger partial charge in [-0.1, -0.05) is 231 Å². The third kappa shape index (κ3) is 6.55.